The van der Waals surface area contributed by atoms with Crippen LogP contribution in [0.1, 0.15) is 35.1 Å². The minimum atomic E-state index is -0.485. The first kappa shape index (κ1) is 17.3. The second-order valence-corrected chi connectivity index (χ2v) is 6.95. The minimum absolute atomic E-state index is 0.444. The maximum atomic E-state index is 12.4. The smallest absolute Gasteiger partial charge is 0.336 e. The van der Waals surface area contributed by atoms with Gasteiger partial charge in [0.25, 0.3) is 0 Å². The molecule has 2 heterocycles. The number of rotatable bonds is 3. The number of hydrogen-bond acceptors (Lipinski definition) is 6. The first-order valence-electron chi connectivity index (χ1n) is 7.23. The number of methoxy groups -OCH3 is 2. The number of esters is 2. The summed E-state index contributed by atoms with van der Waals surface area (Å²) in [5.74, 6) is -1.38. The molecule has 0 atom stereocenters. The molecule has 0 aliphatic carbocycles. The molecule has 2 rings (SSSR count). The molecule has 124 valence electrons. The van der Waals surface area contributed by atoms with Crippen LogP contribution in [0.5, 0.6) is 0 Å². The van der Waals surface area contributed by atoms with E-state index < -0.39 is 17.9 Å². The summed E-state index contributed by atoms with van der Waals surface area (Å²) in [6.07, 6.45) is 0. The zero-order chi connectivity index (χ0) is 17.3. The Morgan fingerprint density at radius 2 is 1.48 bits per heavy atom. The molecule has 5 nitrogen and oxygen atoms in total. The molecule has 0 aromatic carbocycles. The van der Waals surface area contributed by atoms with E-state index in [-0.39, 0.29) is 0 Å². The molecule has 1 aliphatic heterocycles. The average molecular weight is 335 g/mol. The quantitative estimate of drug-likeness (QED) is 0.861. The number of allylic oxidation sites excluding steroid dienone is 2. The van der Waals surface area contributed by atoms with Crippen LogP contribution in [0.25, 0.3) is 0 Å². The summed E-state index contributed by atoms with van der Waals surface area (Å²) in [4.78, 5) is 26.9. The molecule has 0 amide bonds. The lowest BCUT2D eigenvalue weighted by molar-refractivity contribution is -0.137. The Bertz CT molecular complexity index is 689. The van der Waals surface area contributed by atoms with Crippen LogP contribution in [0.15, 0.2) is 28.6 Å². The summed E-state index contributed by atoms with van der Waals surface area (Å²) in [5.41, 5.74) is 3.21. The van der Waals surface area contributed by atoms with Gasteiger partial charge in [0.05, 0.1) is 31.3 Å². The van der Waals surface area contributed by atoms with Crippen molar-refractivity contribution in [1.82, 2.24) is 5.32 Å². The van der Waals surface area contributed by atoms with Gasteiger partial charge in [-0.3, -0.25) is 0 Å². The van der Waals surface area contributed by atoms with Crippen molar-refractivity contribution in [2.45, 2.75) is 33.6 Å². The van der Waals surface area contributed by atoms with Crippen molar-refractivity contribution in [3.05, 3.63) is 43.9 Å². The molecular weight excluding hydrogens is 314 g/mol. The van der Waals surface area contributed by atoms with Gasteiger partial charge in [-0.1, -0.05) is 0 Å². The number of hydrogen-bond donors (Lipinski definition) is 1. The van der Waals surface area contributed by atoms with Crippen LogP contribution in [0, 0.1) is 13.8 Å². The third-order valence-corrected chi connectivity index (χ3v) is 4.94. The van der Waals surface area contributed by atoms with Gasteiger partial charge in [0.2, 0.25) is 0 Å². The van der Waals surface area contributed by atoms with Crippen LogP contribution >= 0.6 is 11.3 Å². The number of thiophene rings is 1. The fraction of sp³-hybridized carbons (Fsp3) is 0.412. The topological polar surface area (TPSA) is 64.6 Å². The van der Waals surface area contributed by atoms with Crippen LogP contribution < -0.4 is 5.32 Å². The molecule has 1 aliphatic rings. The zero-order valence-corrected chi connectivity index (χ0v) is 15.0. The van der Waals surface area contributed by atoms with Crippen molar-refractivity contribution in [3.8, 4) is 0 Å². The molecule has 0 fully saturated rings. The van der Waals surface area contributed by atoms with Crippen LogP contribution in [0.2, 0.25) is 0 Å². The molecule has 0 unspecified atom stereocenters. The highest BCUT2D eigenvalue weighted by atomic mass is 32.1. The predicted octanol–water partition coefficient (Wildman–Crippen LogP) is 2.95. The normalized spacial score (nSPS) is 15.6. The summed E-state index contributed by atoms with van der Waals surface area (Å²) < 4.78 is 9.89. The molecule has 0 radical (unpaired) electrons. The van der Waals surface area contributed by atoms with Crippen LogP contribution in [0.4, 0.5) is 0 Å². The van der Waals surface area contributed by atoms with E-state index in [0.717, 1.165) is 15.3 Å². The molecule has 1 aromatic heterocycles. The van der Waals surface area contributed by atoms with Gasteiger partial charge in [0.15, 0.2) is 0 Å². The second kappa shape index (κ2) is 6.58. The Balaban J connectivity index is 2.72. The third-order valence-electron chi connectivity index (χ3n) is 3.96. The van der Waals surface area contributed by atoms with Gasteiger partial charge in [0, 0.05) is 21.1 Å². The molecule has 1 aromatic rings. The lowest BCUT2D eigenvalue weighted by Crippen LogP contribution is -2.32. The summed E-state index contributed by atoms with van der Waals surface area (Å²) in [7, 11) is 2.68. The van der Waals surface area contributed by atoms with Gasteiger partial charge in [-0.2, -0.15) is 0 Å². The molecule has 0 saturated carbocycles. The van der Waals surface area contributed by atoms with E-state index >= 15 is 0 Å². The van der Waals surface area contributed by atoms with Gasteiger partial charge in [0.1, 0.15) is 0 Å². The van der Waals surface area contributed by atoms with Gasteiger partial charge in [-0.25, -0.2) is 9.59 Å². The van der Waals surface area contributed by atoms with Crippen LogP contribution in [0.3, 0.4) is 0 Å². The Morgan fingerprint density at radius 1 is 1.00 bits per heavy atom. The number of carbonyl (C=O) groups excluding carboxylic acids is 2. The fourth-order valence-corrected chi connectivity index (χ4v) is 3.97. The Kier molecular flexibility index (Phi) is 4.94. The Morgan fingerprint density at radius 3 is 1.83 bits per heavy atom. The molecule has 23 heavy (non-hydrogen) atoms. The lowest BCUT2D eigenvalue weighted by Gasteiger charge is -2.29. The van der Waals surface area contributed by atoms with Gasteiger partial charge < -0.3 is 14.8 Å². The van der Waals surface area contributed by atoms with Gasteiger partial charge in [-0.05, 0) is 39.3 Å². The molecule has 0 saturated heterocycles. The lowest BCUT2D eigenvalue weighted by atomic mass is 9.80. The zero-order valence-electron chi connectivity index (χ0n) is 14.2. The number of carbonyl (C=O) groups is 2. The first-order chi connectivity index (χ1) is 10.8. The number of nitrogens with one attached hydrogen (secondary N) is 1. The number of aryl methyl sites for hydroxylation is 2. The highest BCUT2D eigenvalue weighted by molar-refractivity contribution is 7.12. The van der Waals surface area contributed by atoms with Crippen LogP contribution in [-0.4, -0.2) is 26.2 Å². The SMILES string of the molecule is COC(=O)C1=C(C)NC(C)=C(C(=O)OC)C1c1cc(C)sc1C. The second-order valence-electron chi connectivity index (χ2n) is 5.49. The highest BCUT2D eigenvalue weighted by Crippen LogP contribution is 2.42. The molecule has 6 heteroatoms. The largest absolute Gasteiger partial charge is 0.466 e. The number of ether oxygens (including phenoxy) is 2. The van der Waals surface area contributed by atoms with E-state index in [9.17, 15) is 9.59 Å². The van der Waals surface area contributed by atoms with E-state index in [1.54, 1.807) is 11.3 Å². The maximum absolute atomic E-state index is 12.4. The van der Waals surface area contributed by atoms with E-state index in [0.29, 0.717) is 22.5 Å². The van der Waals surface area contributed by atoms with Crippen molar-refractivity contribution < 1.29 is 19.1 Å². The minimum Gasteiger partial charge on any atom is -0.466 e. The van der Waals surface area contributed by atoms with Crippen molar-refractivity contribution in [2.75, 3.05) is 14.2 Å². The van der Waals surface area contributed by atoms with Gasteiger partial charge >= 0.3 is 11.9 Å². The van der Waals surface area contributed by atoms with E-state index in [1.807, 2.05) is 33.8 Å². The van der Waals surface area contributed by atoms with Crippen molar-refractivity contribution in [3.63, 3.8) is 0 Å². The first-order valence-corrected chi connectivity index (χ1v) is 8.05. The summed E-state index contributed by atoms with van der Waals surface area (Å²) in [5, 5.41) is 3.10. The van der Waals surface area contributed by atoms with Crippen molar-refractivity contribution in [2.24, 2.45) is 0 Å². The van der Waals surface area contributed by atoms with Crippen LogP contribution in [-0.2, 0) is 19.1 Å². The highest BCUT2D eigenvalue weighted by Gasteiger charge is 2.38. The summed E-state index contributed by atoms with van der Waals surface area (Å²) >= 11 is 1.64. The van der Waals surface area contributed by atoms with E-state index in [4.69, 9.17) is 9.47 Å². The molecule has 0 bridgehead atoms. The fourth-order valence-electron chi connectivity index (χ4n) is 3.00. The third kappa shape index (κ3) is 3.03. The number of dihydropyridines is 1. The van der Waals surface area contributed by atoms with Gasteiger partial charge in [-0.15, -0.1) is 11.3 Å². The molecule has 1 N–H and O–H groups in total. The maximum Gasteiger partial charge on any atom is 0.336 e. The predicted molar refractivity (Wildman–Crippen MR) is 89.1 cm³/mol. The standard InChI is InChI=1S/C17H21NO4S/c1-8-7-12(11(4)23-8)15-13(16(19)21-5)9(2)18-10(3)14(15)17(20)22-6/h7,15,18H,1-6H3. The Labute approximate surface area is 140 Å². The average Bonchev–Trinajstić information content (AvgIpc) is 2.83. The van der Waals surface area contributed by atoms with Crippen molar-refractivity contribution >= 4 is 23.3 Å². The Hall–Kier alpha value is -2.08. The van der Waals surface area contributed by atoms with E-state index in [1.165, 1.54) is 14.2 Å². The monoisotopic (exact) mass is 335 g/mol. The molecular formula is C17H21NO4S. The van der Waals surface area contributed by atoms with Crippen molar-refractivity contribution in [1.29, 1.82) is 0 Å². The molecule has 0 spiro atoms. The summed E-state index contributed by atoms with van der Waals surface area (Å²) in [6.45, 7) is 7.62. The summed E-state index contributed by atoms with van der Waals surface area (Å²) in [6, 6.07) is 2.02. The van der Waals surface area contributed by atoms with E-state index in [2.05, 4.69) is 5.32 Å².